The van der Waals surface area contributed by atoms with E-state index in [4.69, 9.17) is 10.5 Å². The summed E-state index contributed by atoms with van der Waals surface area (Å²) >= 11 is 0. The van der Waals surface area contributed by atoms with Crippen LogP contribution >= 0.6 is 0 Å². The summed E-state index contributed by atoms with van der Waals surface area (Å²) in [6.07, 6.45) is -4.56. The fraction of sp³-hybridized carbons (Fsp3) is 0.105. The Labute approximate surface area is 142 Å². The lowest BCUT2D eigenvalue weighted by atomic mass is 10.1. The van der Waals surface area contributed by atoms with E-state index in [1.54, 1.807) is 18.2 Å². The Morgan fingerprint density at radius 3 is 2.28 bits per heavy atom. The molecule has 0 atom stereocenters. The zero-order chi connectivity index (χ0) is 17.9. The average molecular weight is 344 g/mol. The molecule has 0 fully saturated rings. The summed E-state index contributed by atoms with van der Waals surface area (Å²) in [4.78, 5) is 3.55. The Balaban J connectivity index is 1.92. The van der Waals surface area contributed by atoms with Gasteiger partial charge in [-0.1, -0.05) is 42.5 Å². The highest BCUT2D eigenvalue weighted by atomic mass is 19.4. The van der Waals surface area contributed by atoms with Gasteiger partial charge >= 0.3 is 6.18 Å². The average Bonchev–Trinajstić information content (AvgIpc) is 2.61. The Bertz CT molecular complexity index is 864. The van der Waals surface area contributed by atoms with E-state index in [1.165, 1.54) is 6.07 Å². The molecule has 3 nitrogen and oxygen atoms in total. The van der Waals surface area contributed by atoms with Gasteiger partial charge in [0.05, 0.1) is 0 Å². The quantitative estimate of drug-likeness (QED) is 0.723. The molecule has 1 aromatic heterocycles. The molecule has 3 rings (SSSR count). The van der Waals surface area contributed by atoms with E-state index in [0.29, 0.717) is 11.3 Å². The molecule has 2 aromatic carbocycles. The lowest BCUT2D eigenvalue weighted by molar-refractivity contribution is -0.141. The van der Waals surface area contributed by atoms with Crippen LogP contribution in [0.3, 0.4) is 0 Å². The predicted octanol–water partition coefficient (Wildman–Crippen LogP) is 5.02. The molecule has 0 spiro atoms. The highest BCUT2D eigenvalue weighted by molar-refractivity contribution is 5.65. The molecule has 0 aliphatic heterocycles. The second-order valence-corrected chi connectivity index (χ2v) is 5.40. The summed E-state index contributed by atoms with van der Waals surface area (Å²) in [6, 6.07) is 19.0. The number of nitrogens with two attached hydrogens (primary N) is 1. The standard InChI is InChI=1S/C19H15F3N2O/c20-19(21,22)17-9-13(12-23)10-18(24-17)25-16-8-4-7-15(11-16)14-5-2-1-3-6-14/h1-11H,12,23H2. The number of pyridine rings is 1. The number of alkyl halides is 3. The second kappa shape index (κ2) is 6.94. The number of hydrogen-bond acceptors (Lipinski definition) is 3. The molecule has 0 aliphatic carbocycles. The van der Waals surface area contributed by atoms with E-state index in [2.05, 4.69) is 4.98 Å². The number of ether oxygens (including phenoxy) is 1. The summed E-state index contributed by atoms with van der Waals surface area (Å²) in [5.74, 6) is 0.261. The van der Waals surface area contributed by atoms with Gasteiger partial charge in [-0.3, -0.25) is 0 Å². The maximum Gasteiger partial charge on any atom is 0.433 e. The van der Waals surface area contributed by atoms with Crippen LogP contribution in [-0.2, 0) is 12.7 Å². The Morgan fingerprint density at radius 2 is 1.60 bits per heavy atom. The van der Waals surface area contributed by atoms with Gasteiger partial charge in [-0.05, 0) is 34.9 Å². The lowest BCUT2D eigenvalue weighted by Gasteiger charge is -2.12. The number of rotatable bonds is 4. The van der Waals surface area contributed by atoms with Crippen LogP contribution in [0.15, 0.2) is 66.7 Å². The van der Waals surface area contributed by atoms with E-state index in [9.17, 15) is 13.2 Å². The largest absolute Gasteiger partial charge is 0.439 e. The third kappa shape index (κ3) is 4.16. The van der Waals surface area contributed by atoms with Crippen LogP contribution in [-0.4, -0.2) is 4.98 Å². The van der Waals surface area contributed by atoms with Crippen LogP contribution in [0.2, 0.25) is 0 Å². The van der Waals surface area contributed by atoms with Crippen LogP contribution in [0.5, 0.6) is 11.6 Å². The van der Waals surface area contributed by atoms with Crippen LogP contribution in [0.25, 0.3) is 11.1 Å². The topological polar surface area (TPSA) is 48.1 Å². The molecule has 0 saturated carbocycles. The van der Waals surface area contributed by atoms with Crippen molar-refractivity contribution in [2.45, 2.75) is 12.7 Å². The third-order valence-electron chi connectivity index (χ3n) is 3.55. The zero-order valence-corrected chi connectivity index (χ0v) is 13.1. The van der Waals surface area contributed by atoms with E-state index in [0.717, 1.165) is 17.2 Å². The molecule has 0 saturated heterocycles. The maximum atomic E-state index is 12.9. The minimum Gasteiger partial charge on any atom is -0.439 e. The van der Waals surface area contributed by atoms with Crippen molar-refractivity contribution in [2.75, 3.05) is 0 Å². The molecule has 0 bridgehead atoms. The number of hydrogen-bond donors (Lipinski definition) is 1. The van der Waals surface area contributed by atoms with Crippen molar-refractivity contribution in [3.05, 3.63) is 78.0 Å². The van der Waals surface area contributed by atoms with E-state index >= 15 is 0 Å². The minimum absolute atomic E-state index is 0.0357. The summed E-state index contributed by atoms with van der Waals surface area (Å²) in [6.45, 7) is -0.0357. The summed E-state index contributed by atoms with van der Waals surface area (Å²) in [5.41, 5.74) is 6.62. The van der Waals surface area contributed by atoms with Gasteiger partial charge in [-0.15, -0.1) is 0 Å². The first kappa shape index (κ1) is 17.0. The van der Waals surface area contributed by atoms with Crippen LogP contribution < -0.4 is 10.5 Å². The molecule has 25 heavy (non-hydrogen) atoms. The molecule has 2 N–H and O–H groups in total. The SMILES string of the molecule is NCc1cc(Oc2cccc(-c3ccccc3)c2)nc(C(F)(F)F)c1. The van der Waals surface area contributed by atoms with Crippen LogP contribution in [0.1, 0.15) is 11.3 Å². The fourth-order valence-corrected chi connectivity index (χ4v) is 2.36. The van der Waals surface area contributed by atoms with Crippen molar-refractivity contribution < 1.29 is 17.9 Å². The smallest absolute Gasteiger partial charge is 0.433 e. The number of halogens is 3. The molecular formula is C19H15F3N2O. The molecule has 0 aliphatic rings. The molecule has 128 valence electrons. The zero-order valence-electron chi connectivity index (χ0n) is 13.1. The van der Waals surface area contributed by atoms with Crippen molar-refractivity contribution in [3.63, 3.8) is 0 Å². The molecule has 0 amide bonds. The lowest BCUT2D eigenvalue weighted by Crippen LogP contribution is -2.10. The Hall–Kier alpha value is -2.86. The van der Waals surface area contributed by atoms with Gasteiger partial charge in [0.25, 0.3) is 0 Å². The monoisotopic (exact) mass is 344 g/mol. The summed E-state index contributed by atoms with van der Waals surface area (Å²) < 4.78 is 44.4. The number of aromatic nitrogens is 1. The van der Waals surface area contributed by atoms with Gasteiger partial charge in [0, 0.05) is 12.6 Å². The maximum absolute atomic E-state index is 12.9. The molecular weight excluding hydrogens is 329 g/mol. The van der Waals surface area contributed by atoms with Crippen molar-refractivity contribution >= 4 is 0 Å². The predicted molar refractivity (Wildman–Crippen MR) is 89.1 cm³/mol. The Kier molecular flexibility index (Phi) is 4.72. The van der Waals surface area contributed by atoms with Crippen molar-refractivity contribution in [2.24, 2.45) is 5.73 Å². The molecule has 6 heteroatoms. The third-order valence-corrected chi connectivity index (χ3v) is 3.55. The van der Waals surface area contributed by atoms with Crippen molar-refractivity contribution in [1.29, 1.82) is 0 Å². The first-order chi connectivity index (χ1) is 12.0. The Morgan fingerprint density at radius 1 is 0.880 bits per heavy atom. The van der Waals surface area contributed by atoms with Gasteiger partial charge in [0.15, 0.2) is 0 Å². The van der Waals surface area contributed by atoms with Crippen molar-refractivity contribution in [1.82, 2.24) is 4.98 Å². The highest BCUT2D eigenvalue weighted by Gasteiger charge is 2.33. The number of benzene rings is 2. The highest BCUT2D eigenvalue weighted by Crippen LogP contribution is 2.32. The van der Waals surface area contributed by atoms with Gasteiger partial charge in [0.1, 0.15) is 11.4 Å². The minimum atomic E-state index is -4.56. The molecule has 3 aromatic rings. The van der Waals surface area contributed by atoms with Gasteiger partial charge < -0.3 is 10.5 Å². The van der Waals surface area contributed by atoms with Crippen LogP contribution in [0.4, 0.5) is 13.2 Å². The van der Waals surface area contributed by atoms with E-state index in [-0.39, 0.29) is 12.4 Å². The summed E-state index contributed by atoms with van der Waals surface area (Å²) in [7, 11) is 0. The first-order valence-electron chi connectivity index (χ1n) is 7.57. The molecule has 1 heterocycles. The van der Waals surface area contributed by atoms with Gasteiger partial charge in [-0.25, -0.2) is 4.98 Å². The summed E-state index contributed by atoms with van der Waals surface area (Å²) in [5, 5.41) is 0. The molecule has 0 radical (unpaired) electrons. The fourth-order valence-electron chi connectivity index (χ4n) is 2.36. The van der Waals surface area contributed by atoms with Crippen molar-refractivity contribution in [3.8, 4) is 22.8 Å². The van der Waals surface area contributed by atoms with Gasteiger partial charge in [0.2, 0.25) is 5.88 Å². The van der Waals surface area contributed by atoms with Crippen LogP contribution in [0, 0.1) is 0 Å². The second-order valence-electron chi connectivity index (χ2n) is 5.40. The molecule has 0 unspecified atom stereocenters. The normalized spacial score (nSPS) is 11.4. The van der Waals surface area contributed by atoms with E-state index < -0.39 is 11.9 Å². The first-order valence-corrected chi connectivity index (χ1v) is 7.57. The van der Waals surface area contributed by atoms with E-state index in [1.807, 2.05) is 36.4 Å². The number of nitrogens with zero attached hydrogens (tertiary/aromatic N) is 1. The van der Waals surface area contributed by atoms with Gasteiger partial charge in [-0.2, -0.15) is 13.2 Å².